The highest BCUT2D eigenvalue weighted by atomic mass is 19.4. The van der Waals surface area contributed by atoms with Gasteiger partial charge < -0.3 is 16.0 Å². The zero-order valence-corrected chi connectivity index (χ0v) is 12.7. The van der Waals surface area contributed by atoms with E-state index in [1.54, 1.807) is 0 Å². The smallest absolute Gasteiger partial charge is 0.354 e. The maximum absolute atomic E-state index is 13.0. The molecule has 3 N–H and O–H groups in total. The van der Waals surface area contributed by atoms with Gasteiger partial charge in [-0.2, -0.15) is 28.1 Å². The van der Waals surface area contributed by atoms with E-state index in [0.29, 0.717) is 13.1 Å². The fourth-order valence-electron chi connectivity index (χ4n) is 1.87. The highest BCUT2D eigenvalue weighted by Gasteiger charge is 2.33. The van der Waals surface area contributed by atoms with E-state index in [1.165, 1.54) is 18.2 Å². The van der Waals surface area contributed by atoms with Gasteiger partial charge in [0.05, 0.1) is 11.3 Å². The van der Waals surface area contributed by atoms with Crippen molar-refractivity contribution in [1.29, 1.82) is 0 Å². The van der Waals surface area contributed by atoms with Gasteiger partial charge in [-0.15, -0.1) is 0 Å². The Morgan fingerprint density at radius 1 is 0.870 bits per heavy atom. The lowest BCUT2D eigenvalue weighted by Gasteiger charge is -2.14. The van der Waals surface area contributed by atoms with Crippen molar-refractivity contribution in [3.63, 3.8) is 0 Å². The Hall–Kier alpha value is -2.58. The molecule has 0 radical (unpaired) electrons. The fourth-order valence-corrected chi connectivity index (χ4v) is 1.87. The van der Waals surface area contributed by atoms with Crippen LogP contribution < -0.4 is 16.0 Å². The molecule has 0 aliphatic rings. The van der Waals surface area contributed by atoms with Crippen molar-refractivity contribution in [1.82, 2.24) is 15.0 Å². The van der Waals surface area contributed by atoms with Crippen molar-refractivity contribution in [2.75, 3.05) is 29.0 Å². The number of hydrogen-bond donors (Lipinski definition) is 3. The minimum Gasteiger partial charge on any atom is -0.354 e. The van der Waals surface area contributed by atoms with E-state index < -0.39 is 11.7 Å². The van der Waals surface area contributed by atoms with Crippen LogP contribution >= 0.6 is 0 Å². The number of anilines is 4. The molecule has 0 unspecified atom stereocenters. The van der Waals surface area contributed by atoms with Gasteiger partial charge in [-0.25, -0.2) is 0 Å². The van der Waals surface area contributed by atoms with Crippen LogP contribution in [-0.2, 0) is 6.18 Å². The first-order valence-corrected chi connectivity index (χ1v) is 7.11. The van der Waals surface area contributed by atoms with E-state index in [9.17, 15) is 13.2 Å². The van der Waals surface area contributed by atoms with E-state index in [4.69, 9.17) is 0 Å². The molecule has 0 atom stereocenters. The van der Waals surface area contributed by atoms with Crippen molar-refractivity contribution in [3.8, 4) is 0 Å². The Kier molecular flexibility index (Phi) is 5.20. The second-order valence-electron chi connectivity index (χ2n) is 4.54. The molecule has 2 aromatic rings. The molecule has 23 heavy (non-hydrogen) atoms. The lowest BCUT2D eigenvalue weighted by molar-refractivity contribution is -0.136. The number of nitrogens with one attached hydrogen (secondary N) is 3. The summed E-state index contributed by atoms with van der Waals surface area (Å²) in [7, 11) is 0. The van der Waals surface area contributed by atoms with Gasteiger partial charge in [0, 0.05) is 13.1 Å². The molecule has 124 valence electrons. The second kappa shape index (κ2) is 7.12. The first-order chi connectivity index (χ1) is 10.9. The van der Waals surface area contributed by atoms with Gasteiger partial charge in [0.25, 0.3) is 0 Å². The maximum Gasteiger partial charge on any atom is 0.418 e. The summed E-state index contributed by atoms with van der Waals surface area (Å²) >= 11 is 0. The third-order valence-corrected chi connectivity index (χ3v) is 2.78. The van der Waals surface area contributed by atoms with Gasteiger partial charge in [-0.3, -0.25) is 0 Å². The summed E-state index contributed by atoms with van der Waals surface area (Å²) in [6.07, 6.45) is -4.47. The fraction of sp³-hybridized carbons (Fsp3) is 0.357. The SMILES string of the molecule is CCNc1nc(NCC)nc(Nc2ccccc2C(F)(F)F)n1. The third kappa shape index (κ3) is 4.44. The highest BCUT2D eigenvalue weighted by molar-refractivity contribution is 5.60. The molecule has 0 fully saturated rings. The molecule has 1 aromatic carbocycles. The third-order valence-electron chi connectivity index (χ3n) is 2.78. The molecule has 0 aliphatic heterocycles. The Labute approximate surface area is 131 Å². The van der Waals surface area contributed by atoms with Crippen molar-refractivity contribution in [3.05, 3.63) is 29.8 Å². The Morgan fingerprint density at radius 3 is 1.91 bits per heavy atom. The number of aromatic nitrogens is 3. The van der Waals surface area contributed by atoms with Crippen LogP contribution in [0.15, 0.2) is 24.3 Å². The number of nitrogens with zero attached hydrogens (tertiary/aromatic N) is 3. The predicted octanol–water partition coefficient (Wildman–Crippen LogP) is 3.50. The molecule has 9 heteroatoms. The first kappa shape index (κ1) is 16.8. The van der Waals surface area contributed by atoms with Crippen LogP contribution in [0.2, 0.25) is 0 Å². The lowest BCUT2D eigenvalue weighted by atomic mass is 10.1. The average molecular weight is 326 g/mol. The highest BCUT2D eigenvalue weighted by Crippen LogP contribution is 2.35. The molecule has 0 aliphatic carbocycles. The molecule has 0 amide bonds. The minimum atomic E-state index is -4.47. The lowest BCUT2D eigenvalue weighted by Crippen LogP contribution is -2.13. The Morgan fingerprint density at radius 2 is 1.39 bits per heavy atom. The summed E-state index contributed by atoms with van der Waals surface area (Å²) in [6.45, 7) is 4.88. The number of hydrogen-bond acceptors (Lipinski definition) is 6. The quantitative estimate of drug-likeness (QED) is 0.754. The zero-order chi connectivity index (χ0) is 16.9. The van der Waals surface area contributed by atoms with Crippen LogP contribution in [0, 0.1) is 0 Å². The van der Waals surface area contributed by atoms with E-state index in [1.807, 2.05) is 13.8 Å². The van der Waals surface area contributed by atoms with Crippen LogP contribution in [-0.4, -0.2) is 28.0 Å². The van der Waals surface area contributed by atoms with Crippen molar-refractivity contribution >= 4 is 23.5 Å². The summed E-state index contributed by atoms with van der Waals surface area (Å²) in [4.78, 5) is 12.3. The Bertz CT molecular complexity index is 635. The molecule has 0 saturated heterocycles. The molecule has 0 spiro atoms. The van der Waals surface area contributed by atoms with Crippen molar-refractivity contribution < 1.29 is 13.2 Å². The monoisotopic (exact) mass is 326 g/mol. The normalized spacial score (nSPS) is 11.2. The van der Waals surface area contributed by atoms with E-state index >= 15 is 0 Å². The average Bonchev–Trinajstić information content (AvgIpc) is 2.47. The van der Waals surface area contributed by atoms with Crippen LogP contribution in [0.25, 0.3) is 0 Å². The number of rotatable bonds is 6. The molecular formula is C14H17F3N6. The molecule has 0 saturated carbocycles. The molecule has 1 aromatic heterocycles. The number of benzene rings is 1. The zero-order valence-electron chi connectivity index (χ0n) is 12.7. The van der Waals surface area contributed by atoms with Crippen LogP contribution in [0.1, 0.15) is 19.4 Å². The van der Waals surface area contributed by atoms with Crippen LogP contribution in [0.3, 0.4) is 0 Å². The van der Waals surface area contributed by atoms with E-state index in [2.05, 4.69) is 30.9 Å². The first-order valence-electron chi connectivity index (χ1n) is 7.11. The van der Waals surface area contributed by atoms with Gasteiger partial charge in [-0.1, -0.05) is 12.1 Å². The number of alkyl halides is 3. The van der Waals surface area contributed by atoms with E-state index in [0.717, 1.165) is 6.07 Å². The van der Waals surface area contributed by atoms with Crippen molar-refractivity contribution in [2.24, 2.45) is 0 Å². The molecular weight excluding hydrogens is 309 g/mol. The van der Waals surface area contributed by atoms with Crippen LogP contribution in [0.4, 0.5) is 36.7 Å². The largest absolute Gasteiger partial charge is 0.418 e. The maximum atomic E-state index is 13.0. The summed E-state index contributed by atoms with van der Waals surface area (Å²) in [6, 6.07) is 5.16. The van der Waals surface area contributed by atoms with Gasteiger partial charge >= 0.3 is 6.18 Å². The number of halogens is 3. The van der Waals surface area contributed by atoms with E-state index in [-0.39, 0.29) is 23.5 Å². The standard InChI is InChI=1S/C14H17F3N6/c1-3-18-11-21-12(19-4-2)23-13(22-11)20-10-8-6-5-7-9(10)14(15,16)17/h5-8H,3-4H2,1-2H3,(H3,18,19,20,21,22,23). The molecule has 0 bridgehead atoms. The van der Waals surface area contributed by atoms with Gasteiger partial charge in [0.1, 0.15) is 0 Å². The van der Waals surface area contributed by atoms with Gasteiger partial charge in [0.15, 0.2) is 0 Å². The predicted molar refractivity (Wildman–Crippen MR) is 82.9 cm³/mol. The Balaban J connectivity index is 2.36. The van der Waals surface area contributed by atoms with Gasteiger partial charge in [-0.05, 0) is 26.0 Å². The summed E-state index contributed by atoms with van der Waals surface area (Å²) in [5.41, 5.74) is -0.897. The molecule has 1 heterocycles. The van der Waals surface area contributed by atoms with Crippen molar-refractivity contribution in [2.45, 2.75) is 20.0 Å². The number of para-hydroxylation sites is 1. The summed E-state index contributed by atoms with van der Waals surface area (Å²) < 4.78 is 39.1. The topological polar surface area (TPSA) is 74.8 Å². The molecule has 2 rings (SSSR count). The van der Waals surface area contributed by atoms with Crippen LogP contribution in [0.5, 0.6) is 0 Å². The second-order valence-corrected chi connectivity index (χ2v) is 4.54. The van der Waals surface area contributed by atoms with Gasteiger partial charge in [0.2, 0.25) is 17.8 Å². The minimum absolute atomic E-state index is 0.0311. The summed E-state index contributed by atoms with van der Waals surface area (Å²) in [5, 5.41) is 8.44. The molecule has 6 nitrogen and oxygen atoms in total. The summed E-state index contributed by atoms with van der Waals surface area (Å²) in [5.74, 6) is 0.597.